The molecule has 27 heavy (non-hydrogen) atoms. The van der Waals surface area contributed by atoms with Gasteiger partial charge in [0.25, 0.3) is 5.91 Å². The maximum absolute atomic E-state index is 12.9. The van der Waals surface area contributed by atoms with Crippen molar-refractivity contribution in [1.82, 2.24) is 15.1 Å². The fraction of sp³-hybridized carbons (Fsp3) is 0.619. The Bertz CT molecular complexity index is 727. The Kier molecular flexibility index (Phi) is 4.95. The predicted molar refractivity (Wildman–Crippen MR) is 102 cm³/mol. The van der Waals surface area contributed by atoms with Crippen LogP contribution in [0.5, 0.6) is 0 Å². The van der Waals surface area contributed by atoms with Crippen molar-refractivity contribution < 1.29 is 14.7 Å². The Morgan fingerprint density at radius 1 is 1.19 bits per heavy atom. The number of carbonyl (C=O) groups is 2. The molecule has 1 aliphatic carbocycles. The summed E-state index contributed by atoms with van der Waals surface area (Å²) in [4.78, 5) is 28.7. The van der Waals surface area contributed by atoms with Crippen LogP contribution in [-0.4, -0.2) is 58.1 Å². The fourth-order valence-corrected chi connectivity index (χ4v) is 4.71. The molecule has 4 rings (SSSR count). The standard InChI is InChI=1S/C21H29N3O3/c1-15-6-9-21(10-7-15)19(26)24(20(27)22-21)14-18(25)13-23-11-8-16-4-2-3-5-17(16)12-23/h2-5,15,18,25H,6-14H2,1H3,(H,22,27). The van der Waals surface area contributed by atoms with E-state index in [2.05, 4.69) is 35.3 Å². The molecule has 2 fully saturated rings. The number of fused-ring (bicyclic) bond motifs is 1. The highest BCUT2D eigenvalue weighted by Gasteiger charge is 2.52. The van der Waals surface area contributed by atoms with E-state index in [9.17, 15) is 14.7 Å². The first kappa shape index (κ1) is 18.4. The van der Waals surface area contributed by atoms with Gasteiger partial charge in [-0.2, -0.15) is 0 Å². The second-order valence-corrected chi connectivity index (χ2v) is 8.52. The van der Waals surface area contributed by atoms with Gasteiger partial charge in [0, 0.05) is 19.6 Å². The number of aliphatic hydroxyl groups excluding tert-OH is 1. The largest absolute Gasteiger partial charge is 0.390 e. The molecule has 146 valence electrons. The number of nitrogens with zero attached hydrogens (tertiary/aromatic N) is 2. The van der Waals surface area contributed by atoms with E-state index in [-0.39, 0.29) is 18.5 Å². The highest BCUT2D eigenvalue weighted by molar-refractivity contribution is 6.07. The summed E-state index contributed by atoms with van der Waals surface area (Å²) in [5.41, 5.74) is 1.93. The molecule has 1 aromatic carbocycles. The van der Waals surface area contributed by atoms with Crippen LogP contribution in [0.3, 0.4) is 0 Å². The number of aliphatic hydroxyl groups is 1. The summed E-state index contributed by atoms with van der Waals surface area (Å²) >= 11 is 0. The van der Waals surface area contributed by atoms with Crippen LogP contribution in [0, 0.1) is 5.92 Å². The highest BCUT2D eigenvalue weighted by atomic mass is 16.3. The van der Waals surface area contributed by atoms with Crippen LogP contribution in [-0.2, 0) is 17.8 Å². The molecule has 3 aliphatic rings. The normalized spacial score (nSPS) is 29.7. The molecular weight excluding hydrogens is 342 g/mol. The number of benzene rings is 1. The lowest BCUT2D eigenvalue weighted by Crippen LogP contribution is -2.50. The van der Waals surface area contributed by atoms with Crippen LogP contribution in [0.2, 0.25) is 0 Å². The van der Waals surface area contributed by atoms with E-state index in [4.69, 9.17) is 0 Å². The molecule has 2 N–H and O–H groups in total. The molecule has 6 heteroatoms. The maximum Gasteiger partial charge on any atom is 0.325 e. The molecule has 1 aromatic rings. The quantitative estimate of drug-likeness (QED) is 0.793. The zero-order chi connectivity index (χ0) is 19.0. The van der Waals surface area contributed by atoms with Crippen molar-refractivity contribution >= 4 is 11.9 Å². The van der Waals surface area contributed by atoms with Crippen LogP contribution in [0.25, 0.3) is 0 Å². The second-order valence-electron chi connectivity index (χ2n) is 8.52. The van der Waals surface area contributed by atoms with Crippen molar-refractivity contribution in [3.05, 3.63) is 35.4 Å². The van der Waals surface area contributed by atoms with Gasteiger partial charge in [-0.3, -0.25) is 14.6 Å². The van der Waals surface area contributed by atoms with Gasteiger partial charge < -0.3 is 10.4 Å². The molecular formula is C21H29N3O3. The van der Waals surface area contributed by atoms with Crippen molar-refractivity contribution in [2.45, 2.75) is 57.2 Å². The summed E-state index contributed by atoms with van der Waals surface area (Å²) in [6.45, 7) is 4.41. The van der Waals surface area contributed by atoms with Crippen molar-refractivity contribution in [2.75, 3.05) is 19.6 Å². The average molecular weight is 371 g/mol. The van der Waals surface area contributed by atoms with Crippen LogP contribution >= 0.6 is 0 Å². The first-order chi connectivity index (χ1) is 13.0. The van der Waals surface area contributed by atoms with E-state index in [0.29, 0.717) is 25.3 Å². The second kappa shape index (κ2) is 7.24. The molecule has 2 aliphatic heterocycles. The van der Waals surface area contributed by atoms with E-state index in [1.165, 1.54) is 16.0 Å². The van der Waals surface area contributed by atoms with Crippen LogP contribution < -0.4 is 5.32 Å². The van der Waals surface area contributed by atoms with E-state index >= 15 is 0 Å². The Morgan fingerprint density at radius 3 is 2.63 bits per heavy atom. The molecule has 2 heterocycles. The van der Waals surface area contributed by atoms with E-state index < -0.39 is 11.6 Å². The molecule has 0 radical (unpaired) electrons. The number of hydrogen-bond donors (Lipinski definition) is 2. The zero-order valence-corrected chi connectivity index (χ0v) is 16.0. The fourth-order valence-electron chi connectivity index (χ4n) is 4.71. The lowest BCUT2D eigenvalue weighted by molar-refractivity contribution is -0.133. The molecule has 3 amide bonds. The van der Waals surface area contributed by atoms with E-state index in [0.717, 1.165) is 32.4 Å². The van der Waals surface area contributed by atoms with Gasteiger partial charge in [0.2, 0.25) is 0 Å². The third-order valence-electron chi connectivity index (χ3n) is 6.45. The summed E-state index contributed by atoms with van der Waals surface area (Å²) < 4.78 is 0. The lowest BCUT2D eigenvalue weighted by Gasteiger charge is -2.34. The molecule has 1 atom stereocenters. The van der Waals surface area contributed by atoms with Gasteiger partial charge in [-0.05, 0) is 49.1 Å². The number of β-amino-alcohol motifs (C(OH)–C–C–N with tert-alkyl or cyclic N) is 1. The summed E-state index contributed by atoms with van der Waals surface area (Å²) in [6, 6.07) is 8.02. The third kappa shape index (κ3) is 3.60. The minimum absolute atomic E-state index is 0.0696. The van der Waals surface area contributed by atoms with Gasteiger partial charge in [0.15, 0.2) is 0 Å². The minimum Gasteiger partial charge on any atom is -0.390 e. The Morgan fingerprint density at radius 2 is 1.89 bits per heavy atom. The number of amides is 3. The number of carbonyl (C=O) groups excluding carboxylic acids is 2. The van der Waals surface area contributed by atoms with Crippen molar-refractivity contribution in [1.29, 1.82) is 0 Å². The molecule has 1 unspecified atom stereocenters. The van der Waals surface area contributed by atoms with Crippen LogP contribution in [0.15, 0.2) is 24.3 Å². The third-order valence-corrected chi connectivity index (χ3v) is 6.45. The number of imide groups is 1. The summed E-state index contributed by atoms with van der Waals surface area (Å²) in [7, 11) is 0. The number of rotatable bonds is 4. The van der Waals surface area contributed by atoms with Gasteiger partial charge in [-0.1, -0.05) is 31.2 Å². The number of nitrogens with one attached hydrogen (secondary N) is 1. The highest BCUT2D eigenvalue weighted by Crippen LogP contribution is 2.36. The van der Waals surface area contributed by atoms with Crippen molar-refractivity contribution in [3.8, 4) is 0 Å². The minimum atomic E-state index is -0.734. The maximum atomic E-state index is 12.9. The predicted octanol–water partition coefficient (Wildman–Crippen LogP) is 1.91. The first-order valence-electron chi connectivity index (χ1n) is 10.1. The smallest absolute Gasteiger partial charge is 0.325 e. The monoisotopic (exact) mass is 371 g/mol. The molecule has 0 bridgehead atoms. The van der Waals surface area contributed by atoms with Gasteiger partial charge >= 0.3 is 6.03 Å². The lowest BCUT2D eigenvalue weighted by atomic mass is 9.77. The Labute approximate surface area is 160 Å². The summed E-state index contributed by atoms with van der Waals surface area (Å²) in [5, 5.41) is 13.5. The number of urea groups is 1. The average Bonchev–Trinajstić information content (AvgIpc) is 2.88. The topological polar surface area (TPSA) is 72.9 Å². The van der Waals surface area contributed by atoms with Gasteiger partial charge in [-0.15, -0.1) is 0 Å². The Balaban J connectivity index is 1.35. The zero-order valence-electron chi connectivity index (χ0n) is 16.0. The van der Waals surface area contributed by atoms with E-state index in [1.807, 2.05) is 6.07 Å². The van der Waals surface area contributed by atoms with Crippen LogP contribution in [0.4, 0.5) is 4.79 Å². The summed E-state index contributed by atoms with van der Waals surface area (Å²) in [5.74, 6) is 0.449. The number of hydrogen-bond acceptors (Lipinski definition) is 4. The molecule has 0 aromatic heterocycles. The summed E-state index contributed by atoms with van der Waals surface area (Å²) in [6.07, 6.45) is 3.55. The van der Waals surface area contributed by atoms with Crippen LogP contribution in [0.1, 0.15) is 43.7 Å². The first-order valence-corrected chi connectivity index (χ1v) is 10.1. The van der Waals surface area contributed by atoms with Crippen molar-refractivity contribution in [3.63, 3.8) is 0 Å². The molecule has 1 saturated carbocycles. The van der Waals surface area contributed by atoms with Gasteiger partial charge in [-0.25, -0.2) is 4.79 Å². The van der Waals surface area contributed by atoms with Crippen molar-refractivity contribution in [2.24, 2.45) is 5.92 Å². The van der Waals surface area contributed by atoms with Gasteiger partial charge in [0.1, 0.15) is 5.54 Å². The Hall–Kier alpha value is -1.92. The molecule has 1 spiro atoms. The molecule has 1 saturated heterocycles. The van der Waals surface area contributed by atoms with E-state index in [1.54, 1.807) is 0 Å². The van der Waals surface area contributed by atoms with Gasteiger partial charge in [0.05, 0.1) is 12.6 Å². The molecule has 6 nitrogen and oxygen atoms in total. The SMILES string of the molecule is CC1CCC2(CC1)NC(=O)N(CC(O)CN1CCc3ccccc3C1)C2=O.